The van der Waals surface area contributed by atoms with E-state index in [4.69, 9.17) is 17.5 Å². The molecule has 10 heavy (non-hydrogen) atoms. The van der Waals surface area contributed by atoms with Crippen LogP contribution in [0.1, 0.15) is 0 Å². The van der Waals surface area contributed by atoms with Crippen molar-refractivity contribution in [2.45, 2.75) is 0 Å². The average Bonchev–Trinajstić information content (AvgIpc) is 1.27. The molecule has 10 heteroatoms. The van der Waals surface area contributed by atoms with E-state index in [0.717, 1.165) is 0 Å². The van der Waals surface area contributed by atoms with Gasteiger partial charge in [-0.25, -0.2) is 0 Å². The third kappa shape index (κ3) is 327. The number of hydrogen-bond donors (Lipinski definition) is 0. The van der Waals surface area contributed by atoms with Gasteiger partial charge >= 0.3 is 60.5 Å². The van der Waals surface area contributed by atoms with Crippen molar-refractivity contribution in [2.75, 3.05) is 0 Å². The summed E-state index contributed by atoms with van der Waals surface area (Å²) in [7, 11) is -5.17. The predicted molar refractivity (Wildman–Crippen MR) is 12.7 cm³/mol. The van der Waals surface area contributed by atoms with Gasteiger partial charge in [0.1, 0.15) is 0 Å². The van der Waals surface area contributed by atoms with E-state index in [1.165, 1.54) is 0 Å². The van der Waals surface area contributed by atoms with Crippen molar-refractivity contribution in [1.82, 2.24) is 0 Å². The molecule has 0 saturated heterocycles. The summed E-state index contributed by atoms with van der Waals surface area (Å²) in [5.74, 6) is 0. The zero-order valence-electron chi connectivity index (χ0n) is 5.13. The van der Waals surface area contributed by atoms with Crippen LogP contribution in [0.15, 0.2) is 0 Å². The molecule has 0 fully saturated rings. The summed E-state index contributed by atoms with van der Waals surface area (Å²) in [6.45, 7) is 0. The molecule has 0 heterocycles. The number of halogens is 2. The van der Waals surface area contributed by atoms with E-state index >= 15 is 0 Å². The van der Waals surface area contributed by atoms with Gasteiger partial charge in [-0.05, 0) is 0 Å². The molecular weight excluding hydrogens is 207 g/mol. The molecule has 0 spiro atoms. The van der Waals surface area contributed by atoms with E-state index in [1.807, 2.05) is 0 Å². The van der Waals surface area contributed by atoms with E-state index in [2.05, 4.69) is 0 Å². The molecule has 0 aliphatic rings. The average molecular weight is 207 g/mol. The standard InChI is InChI=1S/Co.2FH.2Li.H2O4S/c;;;;;1-5(2,3)4/h;2*1H;;;(H2,1,2,3,4)/q+2;;;2*+1;/p-4. The molecule has 4 nitrogen and oxygen atoms in total. The smallest absolute Gasteiger partial charge is 1.00 e. The zero-order valence-corrected chi connectivity index (χ0v) is 6.99. The molecule has 0 aliphatic heterocycles. The van der Waals surface area contributed by atoms with Gasteiger partial charge in [-0.3, -0.25) is 8.42 Å². The minimum atomic E-state index is -5.17. The van der Waals surface area contributed by atoms with Crippen molar-refractivity contribution in [1.29, 1.82) is 0 Å². The van der Waals surface area contributed by atoms with E-state index in [9.17, 15) is 7.16 Å². The Morgan fingerprint density at radius 2 is 1.10 bits per heavy atom. The van der Waals surface area contributed by atoms with Gasteiger partial charge in [-0.15, -0.1) is 0 Å². The molecule has 0 unspecified atom stereocenters. The molecule has 0 aliphatic carbocycles. The van der Waals surface area contributed by atoms with Crippen LogP contribution in [0.4, 0.5) is 7.16 Å². The monoisotopic (exact) mass is 207 g/mol. The quantitative estimate of drug-likeness (QED) is 0.224. The topological polar surface area (TPSA) is 80.3 Å². The molecule has 0 aromatic carbocycles. The van der Waals surface area contributed by atoms with Crippen molar-refractivity contribution < 1.29 is 78.0 Å². The summed E-state index contributed by atoms with van der Waals surface area (Å²) in [5, 5.41) is 0. The fraction of sp³-hybridized carbons (Fsp3) is 0. The van der Waals surface area contributed by atoms with Crippen LogP contribution in [0.2, 0.25) is 0 Å². The second kappa shape index (κ2) is 13.1. The normalized spacial score (nSPS) is 8.00. The molecule has 0 bridgehead atoms. The van der Waals surface area contributed by atoms with Crippen molar-refractivity contribution in [2.24, 2.45) is 0 Å². The molecule has 0 N–H and O–H groups in total. The third-order valence-electron chi connectivity index (χ3n) is 0. The number of rotatable bonds is 0. The first-order valence-electron chi connectivity index (χ1n) is 0.919. The minimum Gasteiger partial charge on any atom is 1.00 e. The molecule has 55 valence electrons. The zero-order chi connectivity index (χ0) is 7.21. The fourth-order valence-electron chi connectivity index (χ4n) is 0. The van der Waals surface area contributed by atoms with Gasteiger partial charge in [-0.2, -0.15) is 0 Å². The van der Waals surface area contributed by atoms with Crippen molar-refractivity contribution in [3.63, 3.8) is 0 Å². The van der Waals surface area contributed by atoms with Gasteiger partial charge in [0.15, 0.2) is 0 Å². The van der Waals surface area contributed by atoms with Crippen LogP contribution in [-0.4, -0.2) is 17.5 Å². The largest absolute Gasteiger partial charge is 1.00 e. The van der Waals surface area contributed by atoms with Crippen molar-refractivity contribution in [3.05, 3.63) is 0 Å². The summed E-state index contributed by atoms with van der Waals surface area (Å²) in [5.41, 5.74) is 0. The van der Waals surface area contributed by atoms with E-state index in [1.54, 1.807) is 0 Å². The summed E-state index contributed by atoms with van der Waals surface area (Å²) in [6, 6.07) is 0. The maximum Gasteiger partial charge on any atom is 1.00 e. The predicted octanol–water partition coefficient (Wildman–Crippen LogP) is -6.49. The molecular formula is CoF2Li2O4S. The van der Waals surface area contributed by atoms with Crippen LogP contribution in [0.5, 0.6) is 0 Å². The summed E-state index contributed by atoms with van der Waals surface area (Å²) in [6.07, 6.45) is 0. The van der Waals surface area contributed by atoms with E-state index < -0.39 is 26.0 Å². The Kier molecular flexibility index (Phi) is 29.4. The van der Waals surface area contributed by atoms with Crippen molar-refractivity contribution >= 4 is 10.4 Å². The Morgan fingerprint density at radius 3 is 1.10 bits per heavy atom. The van der Waals surface area contributed by atoms with E-state index in [-0.39, 0.29) is 37.7 Å². The molecule has 0 atom stereocenters. The van der Waals surface area contributed by atoms with Gasteiger partial charge in [0.2, 0.25) is 0 Å². The summed E-state index contributed by atoms with van der Waals surface area (Å²) >= 11 is -1.56. The number of hydrogen-bond acceptors (Lipinski definition) is 4. The van der Waals surface area contributed by atoms with Crippen LogP contribution in [0, 0.1) is 0 Å². The third-order valence-corrected chi connectivity index (χ3v) is 0. The maximum atomic E-state index is 9.59. The SMILES string of the molecule is O=S(=O)([O-])[O-].[F][Co][F].[Li+].[Li+]. The molecule has 0 aromatic rings. The molecule has 0 saturated carbocycles. The summed E-state index contributed by atoms with van der Waals surface area (Å²) in [4.78, 5) is 0. The van der Waals surface area contributed by atoms with Gasteiger partial charge in [0.25, 0.3) is 0 Å². The van der Waals surface area contributed by atoms with Crippen LogP contribution < -0.4 is 37.7 Å². The Morgan fingerprint density at radius 1 is 1.10 bits per heavy atom. The first kappa shape index (κ1) is 22.5. The van der Waals surface area contributed by atoms with Gasteiger partial charge < -0.3 is 9.11 Å². The van der Waals surface area contributed by atoms with Gasteiger partial charge in [-0.1, -0.05) is 0 Å². The molecule has 0 amide bonds. The Balaban J connectivity index is -0.0000000326. The Bertz CT molecular complexity index is 115. The second-order valence-electron chi connectivity index (χ2n) is 0.456. The van der Waals surface area contributed by atoms with E-state index in [0.29, 0.717) is 0 Å². The van der Waals surface area contributed by atoms with Crippen LogP contribution in [0.3, 0.4) is 0 Å². The van der Waals surface area contributed by atoms with Crippen LogP contribution in [-0.2, 0) is 26.0 Å². The molecule has 0 rings (SSSR count). The fourth-order valence-corrected chi connectivity index (χ4v) is 0. The van der Waals surface area contributed by atoms with Gasteiger partial charge in [0.05, 0.1) is 0 Å². The minimum absolute atomic E-state index is 0. The Hall–Kier alpha value is 1.43. The summed E-state index contributed by atoms with van der Waals surface area (Å²) < 4.78 is 53.3. The van der Waals surface area contributed by atoms with Crippen LogP contribution in [0.25, 0.3) is 0 Å². The molecule has 0 aromatic heterocycles. The van der Waals surface area contributed by atoms with Crippen molar-refractivity contribution in [3.8, 4) is 0 Å². The second-order valence-corrected chi connectivity index (χ2v) is 1.42. The maximum absolute atomic E-state index is 9.59. The van der Waals surface area contributed by atoms with Gasteiger partial charge in [0, 0.05) is 10.4 Å². The van der Waals surface area contributed by atoms with Crippen LogP contribution >= 0.6 is 0 Å². The Labute approximate surface area is 87.9 Å². The first-order valence-corrected chi connectivity index (χ1v) is 3.04. The first-order chi connectivity index (χ1) is 3.41. The molecule has 0 radical (unpaired) electrons.